The van der Waals surface area contributed by atoms with E-state index in [2.05, 4.69) is 58.5 Å². The number of ketones is 1. The van der Waals surface area contributed by atoms with Gasteiger partial charge in [-0.05, 0) is 62.4 Å². The molecule has 0 fully saturated rings. The zero-order valence-electron chi connectivity index (χ0n) is 19.8. The molecule has 0 atom stereocenters. The molecule has 8 heteroatoms. The second kappa shape index (κ2) is 11.1. The summed E-state index contributed by atoms with van der Waals surface area (Å²) in [6.45, 7) is 9.88. The van der Waals surface area contributed by atoms with E-state index in [1.807, 2.05) is 25.5 Å². The fourth-order valence-corrected chi connectivity index (χ4v) is 4.15. The molecule has 1 heterocycles. The Morgan fingerprint density at radius 3 is 2.21 bits per heavy atom. The number of nitrogens with zero attached hydrogens (tertiary/aromatic N) is 4. The third-order valence-electron chi connectivity index (χ3n) is 5.42. The second-order valence-corrected chi connectivity index (χ2v) is 8.96. The zero-order valence-corrected chi connectivity index (χ0v) is 20.6. The number of anilines is 2. The highest BCUT2D eigenvalue weighted by Crippen LogP contribution is 2.25. The fourth-order valence-electron chi connectivity index (χ4n) is 3.34. The molecule has 174 valence electrons. The Kier molecular flexibility index (Phi) is 8.27. The van der Waals surface area contributed by atoms with Crippen molar-refractivity contribution >= 4 is 34.8 Å². The molecule has 0 saturated heterocycles. The number of carbonyl (C=O) groups excluding carboxylic acids is 2. The highest BCUT2D eigenvalue weighted by Gasteiger charge is 2.15. The van der Waals surface area contributed by atoms with Crippen LogP contribution in [0.25, 0.3) is 11.4 Å². The lowest BCUT2D eigenvalue weighted by molar-refractivity contribution is -0.118. The fraction of sp³-hybridized carbons (Fsp3) is 0.360. The van der Waals surface area contributed by atoms with Gasteiger partial charge in [0.05, 0.1) is 5.75 Å². The number of nitrogens with one attached hydrogen (secondary N) is 1. The molecule has 33 heavy (non-hydrogen) atoms. The maximum atomic E-state index is 12.6. The molecule has 1 N–H and O–H groups in total. The molecule has 0 saturated carbocycles. The smallest absolute Gasteiger partial charge is 0.226 e. The van der Waals surface area contributed by atoms with Crippen LogP contribution in [0.1, 0.15) is 38.1 Å². The molecule has 0 aliphatic rings. The van der Waals surface area contributed by atoms with Gasteiger partial charge in [-0.2, -0.15) is 0 Å². The molecule has 3 rings (SSSR count). The highest BCUT2D eigenvalue weighted by atomic mass is 32.2. The third kappa shape index (κ3) is 6.01. The van der Waals surface area contributed by atoms with Gasteiger partial charge >= 0.3 is 0 Å². The summed E-state index contributed by atoms with van der Waals surface area (Å²) in [6, 6.07) is 15.3. The van der Waals surface area contributed by atoms with Gasteiger partial charge in [0.2, 0.25) is 5.91 Å². The molecular formula is C25H31N5O2S. The van der Waals surface area contributed by atoms with Crippen LogP contribution in [-0.2, 0) is 11.8 Å². The Labute approximate surface area is 199 Å². The molecule has 0 radical (unpaired) electrons. The summed E-state index contributed by atoms with van der Waals surface area (Å²) < 4.78 is 1.91. The van der Waals surface area contributed by atoms with Crippen molar-refractivity contribution < 1.29 is 9.59 Å². The van der Waals surface area contributed by atoms with Gasteiger partial charge in [0.25, 0.3) is 0 Å². The number of thioether (sulfide) groups is 1. The third-order valence-corrected chi connectivity index (χ3v) is 6.44. The summed E-state index contributed by atoms with van der Waals surface area (Å²) in [5.41, 5.74) is 3.45. The van der Waals surface area contributed by atoms with E-state index >= 15 is 0 Å². The number of hydrogen-bond acceptors (Lipinski definition) is 6. The topological polar surface area (TPSA) is 80.1 Å². The summed E-state index contributed by atoms with van der Waals surface area (Å²) >= 11 is 1.36. The van der Waals surface area contributed by atoms with Crippen molar-refractivity contribution in [1.29, 1.82) is 0 Å². The van der Waals surface area contributed by atoms with E-state index in [0.717, 1.165) is 24.5 Å². The van der Waals surface area contributed by atoms with Crippen LogP contribution in [0.2, 0.25) is 0 Å². The molecule has 0 bridgehead atoms. The van der Waals surface area contributed by atoms with Gasteiger partial charge in [-0.15, -0.1) is 10.2 Å². The van der Waals surface area contributed by atoms with E-state index in [0.29, 0.717) is 16.4 Å². The molecule has 0 aliphatic heterocycles. The van der Waals surface area contributed by atoms with Crippen LogP contribution < -0.4 is 10.2 Å². The van der Waals surface area contributed by atoms with E-state index < -0.39 is 0 Å². The van der Waals surface area contributed by atoms with Gasteiger partial charge in [-0.1, -0.05) is 25.6 Å². The Morgan fingerprint density at radius 2 is 1.64 bits per heavy atom. The molecule has 2 aromatic carbocycles. The molecule has 0 unspecified atom stereocenters. The number of aromatic nitrogens is 3. The zero-order chi connectivity index (χ0) is 24.0. The number of Topliss-reactive ketones (excluding diaryl/α,β-unsaturated/α-hetero) is 1. The van der Waals surface area contributed by atoms with E-state index in [-0.39, 0.29) is 23.4 Å². The first-order chi connectivity index (χ1) is 15.8. The lowest BCUT2D eigenvalue weighted by atomic mass is 10.1. The lowest BCUT2D eigenvalue weighted by Gasteiger charge is -2.21. The number of carbonyl (C=O) groups is 2. The summed E-state index contributed by atoms with van der Waals surface area (Å²) in [5, 5.41) is 12.1. The minimum Gasteiger partial charge on any atom is -0.372 e. The van der Waals surface area contributed by atoms with Crippen molar-refractivity contribution in [2.24, 2.45) is 13.0 Å². The Morgan fingerprint density at radius 1 is 1.00 bits per heavy atom. The van der Waals surface area contributed by atoms with Gasteiger partial charge in [-0.25, -0.2) is 0 Å². The summed E-state index contributed by atoms with van der Waals surface area (Å²) in [5.74, 6) is 0.866. The largest absolute Gasteiger partial charge is 0.372 e. The Hall–Kier alpha value is -3.13. The molecule has 0 spiro atoms. The van der Waals surface area contributed by atoms with Crippen molar-refractivity contribution in [3.05, 3.63) is 54.1 Å². The van der Waals surface area contributed by atoms with Crippen molar-refractivity contribution in [3.63, 3.8) is 0 Å². The van der Waals surface area contributed by atoms with Crippen LogP contribution in [-0.4, -0.2) is 45.3 Å². The van der Waals surface area contributed by atoms with Gasteiger partial charge in [-0.3, -0.25) is 9.59 Å². The molecular weight excluding hydrogens is 434 g/mol. The average Bonchev–Trinajstić information content (AvgIpc) is 3.19. The Balaban J connectivity index is 1.62. The van der Waals surface area contributed by atoms with Crippen molar-refractivity contribution in [1.82, 2.24) is 14.8 Å². The lowest BCUT2D eigenvalue weighted by Crippen LogP contribution is -2.21. The summed E-state index contributed by atoms with van der Waals surface area (Å²) in [6.07, 6.45) is 0. The van der Waals surface area contributed by atoms with Crippen LogP contribution in [0, 0.1) is 5.92 Å². The average molecular weight is 466 g/mol. The summed E-state index contributed by atoms with van der Waals surface area (Å²) in [7, 11) is 1.91. The van der Waals surface area contributed by atoms with Crippen molar-refractivity contribution in [2.75, 3.05) is 29.1 Å². The van der Waals surface area contributed by atoms with Gasteiger partial charge in [0, 0.05) is 48.6 Å². The number of benzene rings is 2. The minimum atomic E-state index is -0.0979. The Bertz CT molecular complexity index is 1090. The first-order valence-electron chi connectivity index (χ1n) is 11.2. The molecule has 3 aromatic rings. The number of amides is 1. The molecule has 1 amide bonds. The monoisotopic (exact) mass is 465 g/mol. The van der Waals surface area contributed by atoms with E-state index in [9.17, 15) is 9.59 Å². The predicted octanol–water partition coefficient (Wildman–Crippen LogP) is 4.90. The van der Waals surface area contributed by atoms with Crippen LogP contribution in [0.4, 0.5) is 11.4 Å². The molecule has 7 nitrogen and oxygen atoms in total. The quantitative estimate of drug-likeness (QED) is 0.339. The van der Waals surface area contributed by atoms with Crippen LogP contribution in [0.15, 0.2) is 53.7 Å². The molecule has 1 aromatic heterocycles. The van der Waals surface area contributed by atoms with Crippen LogP contribution >= 0.6 is 11.8 Å². The van der Waals surface area contributed by atoms with Crippen molar-refractivity contribution in [3.8, 4) is 11.4 Å². The number of rotatable bonds is 10. The molecule has 0 aliphatic carbocycles. The van der Waals surface area contributed by atoms with E-state index in [4.69, 9.17) is 0 Å². The SMILES string of the molecule is CCN(CC)c1ccc(-c2nnc(SCC(=O)c3ccc(NC(=O)C(C)C)cc3)n2C)cc1. The second-order valence-electron chi connectivity index (χ2n) is 8.02. The maximum absolute atomic E-state index is 12.6. The van der Waals surface area contributed by atoms with Gasteiger partial charge < -0.3 is 14.8 Å². The highest BCUT2D eigenvalue weighted by molar-refractivity contribution is 7.99. The van der Waals surface area contributed by atoms with E-state index in [1.165, 1.54) is 17.4 Å². The standard InChI is InChI=1S/C25H31N5O2S/c1-6-30(7-2)21-14-10-19(11-15-21)23-27-28-25(29(23)5)33-16-22(31)18-8-12-20(13-9-18)26-24(32)17(3)4/h8-15,17H,6-7,16H2,1-5H3,(H,26,32). The van der Waals surface area contributed by atoms with Gasteiger partial charge in [0.1, 0.15) is 0 Å². The summed E-state index contributed by atoms with van der Waals surface area (Å²) in [4.78, 5) is 26.7. The van der Waals surface area contributed by atoms with Gasteiger partial charge in [0.15, 0.2) is 16.8 Å². The van der Waals surface area contributed by atoms with Crippen LogP contribution in [0.3, 0.4) is 0 Å². The number of hydrogen-bond donors (Lipinski definition) is 1. The first kappa shape index (κ1) is 24.5. The maximum Gasteiger partial charge on any atom is 0.226 e. The van der Waals surface area contributed by atoms with E-state index in [1.54, 1.807) is 24.3 Å². The van der Waals surface area contributed by atoms with Crippen molar-refractivity contribution in [2.45, 2.75) is 32.9 Å². The normalized spacial score (nSPS) is 11.0. The predicted molar refractivity (Wildman–Crippen MR) is 135 cm³/mol. The first-order valence-corrected chi connectivity index (χ1v) is 12.1. The van der Waals surface area contributed by atoms with Crippen LogP contribution in [0.5, 0.6) is 0 Å². The minimum absolute atomic E-state index is 0.00476.